The lowest BCUT2D eigenvalue weighted by Crippen LogP contribution is -2.38. The van der Waals surface area contributed by atoms with Crippen LogP contribution in [0.15, 0.2) is 76.5 Å². The fraction of sp³-hybridized carbons (Fsp3) is 0.259. The number of hydrogen-bond acceptors (Lipinski definition) is 7. The number of thioether (sulfide) groups is 1. The van der Waals surface area contributed by atoms with Gasteiger partial charge in [0.25, 0.3) is 10.0 Å². The standard InChI is InChI=1S/C27H30N2O6S2/c1-5-34-21-12-10-20(11-13-21)29(37(32,33)23-16-14-22(36-4)15-17-23)18-26(30)28-25-9-7-8-24(19(25)3)27(31)35-6-2/h7-17H,5-6,18H2,1-4H3,(H,28,30). The van der Waals surface area contributed by atoms with E-state index in [1.54, 1.807) is 68.4 Å². The van der Waals surface area contributed by atoms with Gasteiger partial charge in [-0.1, -0.05) is 6.07 Å². The van der Waals surface area contributed by atoms with Crippen molar-refractivity contribution in [3.63, 3.8) is 0 Å². The molecule has 0 saturated heterocycles. The van der Waals surface area contributed by atoms with Crippen molar-refractivity contribution < 1.29 is 27.5 Å². The van der Waals surface area contributed by atoms with E-state index in [1.165, 1.54) is 23.9 Å². The molecule has 0 fully saturated rings. The van der Waals surface area contributed by atoms with Gasteiger partial charge < -0.3 is 14.8 Å². The Kier molecular flexibility index (Phi) is 9.60. The van der Waals surface area contributed by atoms with Gasteiger partial charge in [0, 0.05) is 10.6 Å². The van der Waals surface area contributed by atoms with E-state index in [0.717, 1.165) is 9.20 Å². The van der Waals surface area contributed by atoms with Crippen molar-refractivity contribution in [3.05, 3.63) is 77.9 Å². The molecule has 0 heterocycles. The van der Waals surface area contributed by atoms with Crippen molar-refractivity contribution in [2.75, 3.05) is 35.6 Å². The van der Waals surface area contributed by atoms with Gasteiger partial charge in [-0.15, -0.1) is 11.8 Å². The van der Waals surface area contributed by atoms with E-state index in [1.807, 2.05) is 13.2 Å². The second-order valence-corrected chi connectivity index (χ2v) is 10.6. The number of anilines is 2. The van der Waals surface area contributed by atoms with E-state index < -0.39 is 28.4 Å². The second kappa shape index (κ2) is 12.6. The molecule has 0 aliphatic heterocycles. The number of ether oxygens (including phenoxy) is 2. The van der Waals surface area contributed by atoms with Crippen LogP contribution in [0.25, 0.3) is 0 Å². The number of hydrogen-bond donors (Lipinski definition) is 1. The van der Waals surface area contributed by atoms with Gasteiger partial charge in [-0.25, -0.2) is 13.2 Å². The lowest BCUT2D eigenvalue weighted by molar-refractivity contribution is -0.114. The van der Waals surface area contributed by atoms with Gasteiger partial charge in [0.2, 0.25) is 5.91 Å². The second-order valence-electron chi connectivity index (χ2n) is 7.86. The molecule has 1 amide bonds. The molecule has 196 valence electrons. The SMILES string of the molecule is CCOC(=O)c1cccc(NC(=O)CN(c2ccc(OCC)cc2)S(=O)(=O)c2ccc(SC)cc2)c1C. The Bertz CT molecular complexity index is 1340. The number of benzene rings is 3. The Hall–Kier alpha value is -3.50. The van der Waals surface area contributed by atoms with Crippen molar-refractivity contribution in [1.29, 1.82) is 0 Å². The monoisotopic (exact) mass is 542 g/mol. The Labute approximate surface area is 222 Å². The summed E-state index contributed by atoms with van der Waals surface area (Å²) in [5.74, 6) is -0.477. The maximum Gasteiger partial charge on any atom is 0.338 e. The fourth-order valence-electron chi connectivity index (χ4n) is 3.59. The van der Waals surface area contributed by atoms with E-state index in [0.29, 0.717) is 34.9 Å². The fourth-order valence-corrected chi connectivity index (χ4v) is 5.42. The molecule has 0 aliphatic carbocycles. The average Bonchev–Trinajstić information content (AvgIpc) is 2.89. The van der Waals surface area contributed by atoms with E-state index in [4.69, 9.17) is 9.47 Å². The lowest BCUT2D eigenvalue weighted by atomic mass is 10.1. The molecule has 0 aromatic heterocycles. The van der Waals surface area contributed by atoms with Gasteiger partial charge in [-0.05, 0) is 93.3 Å². The molecule has 3 aromatic carbocycles. The van der Waals surface area contributed by atoms with Gasteiger partial charge in [0.15, 0.2) is 0 Å². The molecular formula is C27H30N2O6S2. The minimum atomic E-state index is -4.08. The van der Waals surface area contributed by atoms with Crippen LogP contribution in [0.2, 0.25) is 0 Å². The molecule has 37 heavy (non-hydrogen) atoms. The van der Waals surface area contributed by atoms with Crippen LogP contribution in [-0.2, 0) is 19.6 Å². The van der Waals surface area contributed by atoms with Crippen LogP contribution in [0.1, 0.15) is 29.8 Å². The summed E-state index contributed by atoms with van der Waals surface area (Å²) in [6.07, 6.45) is 1.90. The molecule has 0 spiro atoms. The third-order valence-electron chi connectivity index (χ3n) is 5.47. The zero-order chi connectivity index (χ0) is 27.0. The Morgan fingerprint density at radius 1 is 0.946 bits per heavy atom. The number of rotatable bonds is 11. The van der Waals surface area contributed by atoms with Crippen molar-refractivity contribution in [1.82, 2.24) is 0 Å². The maximum absolute atomic E-state index is 13.7. The highest BCUT2D eigenvalue weighted by molar-refractivity contribution is 7.98. The van der Waals surface area contributed by atoms with Gasteiger partial charge >= 0.3 is 5.97 Å². The summed E-state index contributed by atoms with van der Waals surface area (Å²) in [4.78, 5) is 26.4. The average molecular weight is 543 g/mol. The maximum atomic E-state index is 13.7. The largest absolute Gasteiger partial charge is 0.494 e. The van der Waals surface area contributed by atoms with Crippen LogP contribution in [0.5, 0.6) is 5.75 Å². The first-order valence-corrected chi connectivity index (χ1v) is 14.3. The highest BCUT2D eigenvalue weighted by atomic mass is 32.2. The smallest absolute Gasteiger partial charge is 0.338 e. The van der Waals surface area contributed by atoms with Gasteiger partial charge in [-0.2, -0.15) is 0 Å². The summed E-state index contributed by atoms with van der Waals surface area (Å²) < 4.78 is 38.9. The molecule has 1 N–H and O–H groups in total. The van der Waals surface area contributed by atoms with Crippen LogP contribution in [0.3, 0.4) is 0 Å². The molecule has 0 atom stereocenters. The first-order valence-electron chi connectivity index (χ1n) is 11.7. The summed E-state index contributed by atoms with van der Waals surface area (Å²) in [5.41, 5.74) is 1.55. The van der Waals surface area contributed by atoms with Crippen LogP contribution in [0.4, 0.5) is 11.4 Å². The quantitative estimate of drug-likeness (QED) is 0.265. The van der Waals surface area contributed by atoms with Crippen LogP contribution < -0.4 is 14.4 Å². The predicted octanol–water partition coefficient (Wildman–Crippen LogP) is 5.13. The van der Waals surface area contributed by atoms with Crippen molar-refractivity contribution in [3.8, 4) is 5.75 Å². The summed E-state index contributed by atoms with van der Waals surface area (Å²) in [6, 6.07) is 17.9. The van der Waals surface area contributed by atoms with E-state index in [2.05, 4.69) is 5.32 Å². The van der Waals surface area contributed by atoms with Crippen molar-refractivity contribution in [2.45, 2.75) is 30.6 Å². The van der Waals surface area contributed by atoms with E-state index in [-0.39, 0.29) is 11.5 Å². The molecule has 0 radical (unpaired) electrons. The van der Waals surface area contributed by atoms with Crippen LogP contribution in [0, 0.1) is 6.92 Å². The summed E-state index contributed by atoms with van der Waals surface area (Å²) in [5, 5.41) is 2.74. The molecule has 10 heteroatoms. The third kappa shape index (κ3) is 6.84. The first-order chi connectivity index (χ1) is 17.7. The summed E-state index contributed by atoms with van der Waals surface area (Å²) in [7, 11) is -4.08. The number of sulfonamides is 1. The zero-order valence-corrected chi connectivity index (χ0v) is 22.8. The van der Waals surface area contributed by atoms with Crippen molar-refractivity contribution in [2.24, 2.45) is 0 Å². The summed E-state index contributed by atoms with van der Waals surface area (Å²) in [6.45, 7) is 5.47. The number of nitrogens with zero attached hydrogens (tertiary/aromatic N) is 1. The molecule has 0 bridgehead atoms. The molecule has 3 aromatic rings. The van der Waals surface area contributed by atoms with Gasteiger partial charge in [0.05, 0.1) is 29.4 Å². The minimum Gasteiger partial charge on any atom is -0.494 e. The predicted molar refractivity (Wildman–Crippen MR) is 146 cm³/mol. The van der Waals surface area contributed by atoms with Crippen LogP contribution in [-0.4, -0.2) is 46.3 Å². The van der Waals surface area contributed by atoms with Gasteiger partial charge in [0.1, 0.15) is 12.3 Å². The number of carbonyl (C=O) groups is 2. The Morgan fingerprint density at radius 2 is 1.62 bits per heavy atom. The number of carbonyl (C=O) groups excluding carboxylic acids is 2. The molecule has 0 aliphatic rings. The number of amides is 1. The normalized spacial score (nSPS) is 11.0. The topological polar surface area (TPSA) is 102 Å². The van der Waals surface area contributed by atoms with Crippen LogP contribution >= 0.6 is 11.8 Å². The number of nitrogens with one attached hydrogen (secondary N) is 1. The zero-order valence-electron chi connectivity index (χ0n) is 21.2. The Balaban J connectivity index is 1.93. The van der Waals surface area contributed by atoms with Crippen molar-refractivity contribution >= 4 is 45.0 Å². The highest BCUT2D eigenvalue weighted by Gasteiger charge is 2.28. The van der Waals surface area contributed by atoms with Gasteiger partial charge in [-0.3, -0.25) is 9.10 Å². The Morgan fingerprint density at radius 3 is 2.22 bits per heavy atom. The molecule has 0 unspecified atom stereocenters. The molecule has 3 rings (SSSR count). The molecular weight excluding hydrogens is 512 g/mol. The van der Waals surface area contributed by atoms with E-state index >= 15 is 0 Å². The lowest BCUT2D eigenvalue weighted by Gasteiger charge is -2.24. The molecule has 0 saturated carbocycles. The minimum absolute atomic E-state index is 0.0625. The van der Waals surface area contributed by atoms with E-state index in [9.17, 15) is 18.0 Å². The first kappa shape index (κ1) is 28.1. The molecule has 8 nitrogen and oxygen atoms in total. The number of esters is 1. The summed E-state index contributed by atoms with van der Waals surface area (Å²) >= 11 is 1.50. The third-order valence-corrected chi connectivity index (χ3v) is 8.01. The highest BCUT2D eigenvalue weighted by Crippen LogP contribution is 2.28.